The predicted octanol–water partition coefficient (Wildman–Crippen LogP) is 2.38. The van der Waals surface area contributed by atoms with Gasteiger partial charge in [-0.1, -0.05) is 12.2 Å². The highest BCUT2D eigenvalue weighted by Gasteiger charge is 2.48. The topological polar surface area (TPSA) is 82.1 Å². The zero-order chi connectivity index (χ0) is 18.4. The van der Waals surface area contributed by atoms with E-state index in [0.29, 0.717) is 17.2 Å². The largest absolute Gasteiger partial charge is 0.550 e. The molecule has 4 rings (SSSR count). The minimum absolute atomic E-state index is 0.0690. The molecule has 1 saturated carbocycles. The quantitative estimate of drug-likeness (QED) is 0.837. The summed E-state index contributed by atoms with van der Waals surface area (Å²) in [6.45, 7) is 1.87. The molecule has 2 aliphatic carbocycles. The monoisotopic (exact) mass is 371 g/mol. The van der Waals surface area contributed by atoms with Gasteiger partial charge in [0.2, 0.25) is 5.91 Å². The molecule has 0 saturated heterocycles. The fourth-order valence-corrected chi connectivity index (χ4v) is 4.85. The van der Waals surface area contributed by atoms with E-state index in [1.165, 1.54) is 23.5 Å². The highest BCUT2D eigenvalue weighted by molar-refractivity contribution is 7.16. The van der Waals surface area contributed by atoms with Crippen molar-refractivity contribution in [1.29, 1.82) is 0 Å². The number of carboxylic acids is 1. The number of amides is 1. The van der Waals surface area contributed by atoms with Gasteiger partial charge in [0.25, 0.3) is 0 Å². The van der Waals surface area contributed by atoms with Gasteiger partial charge in [-0.15, -0.1) is 11.3 Å². The summed E-state index contributed by atoms with van der Waals surface area (Å²) in [6.07, 6.45) is 4.47. The van der Waals surface area contributed by atoms with Gasteiger partial charge in [0.1, 0.15) is 5.82 Å². The lowest BCUT2D eigenvalue weighted by atomic mass is 9.82. The van der Waals surface area contributed by atoms with E-state index in [0.717, 1.165) is 10.4 Å². The minimum Gasteiger partial charge on any atom is -0.550 e. The lowest BCUT2D eigenvalue weighted by molar-refractivity contribution is -0.313. The maximum absolute atomic E-state index is 13.1. The van der Waals surface area contributed by atoms with Crippen LogP contribution in [0.5, 0.6) is 0 Å². The molecule has 2 aromatic rings. The Morgan fingerprint density at radius 2 is 1.85 bits per heavy atom. The number of nitrogens with zero attached hydrogens (tertiary/aromatic N) is 1. The number of nitrogens with one attached hydrogen (secondary N) is 1. The molecule has 1 aromatic carbocycles. The number of hydrogen-bond acceptors (Lipinski definition) is 5. The molecule has 5 nitrogen and oxygen atoms in total. The van der Waals surface area contributed by atoms with Gasteiger partial charge in [0.05, 0.1) is 11.6 Å². The first-order chi connectivity index (χ1) is 12.4. The molecule has 2 aliphatic rings. The normalized spacial score (nSPS) is 26.2. The van der Waals surface area contributed by atoms with Crippen molar-refractivity contribution in [1.82, 2.24) is 4.98 Å². The first-order valence-corrected chi connectivity index (χ1v) is 9.19. The summed E-state index contributed by atoms with van der Waals surface area (Å²) < 4.78 is 13.1. The number of benzene rings is 1. The number of halogens is 1. The van der Waals surface area contributed by atoms with E-state index in [2.05, 4.69) is 10.3 Å². The number of rotatable bonds is 4. The lowest BCUT2D eigenvalue weighted by Crippen LogP contribution is -2.42. The van der Waals surface area contributed by atoms with Crippen molar-refractivity contribution in [2.45, 2.75) is 13.3 Å². The summed E-state index contributed by atoms with van der Waals surface area (Å²) in [5, 5.41) is 14.6. The molecule has 1 fully saturated rings. The number of thiazole rings is 1. The number of aryl methyl sites for hydroxylation is 1. The molecule has 1 heterocycles. The number of aliphatic carboxylic acids is 1. The van der Waals surface area contributed by atoms with Gasteiger partial charge in [-0.3, -0.25) is 4.79 Å². The van der Waals surface area contributed by atoms with Crippen molar-refractivity contribution in [3.05, 3.63) is 47.1 Å². The van der Waals surface area contributed by atoms with Crippen LogP contribution in [0.1, 0.15) is 11.3 Å². The standard InChI is InChI=1S/C19H17FN2O3S/c1-9-16(10-4-6-13(20)7-5-10)21-19(26-9)22-17(23)14-11-2-3-12(8-11)15(14)18(24)25/h2-7,11-12,14-15H,8H2,1H3,(H,24,25)(H,21,22,23)/p-1/t11-,12-,14-,15-/m0/s1. The second-order valence-corrected chi connectivity index (χ2v) is 7.94. The van der Waals surface area contributed by atoms with Gasteiger partial charge in [0.15, 0.2) is 5.13 Å². The van der Waals surface area contributed by atoms with Gasteiger partial charge in [-0.25, -0.2) is 9.37 Å². The summed E-state index contributed by atoms with van der Waals surface area (Å²) >= 11 is 1.31. The molecular formula is C19H16FN2O3S-. The fraction of sp³-hybridized carbons (Fsp3) is 0.316. The van der Waals surface area contributed by atoms with Crippen LogP contribution in [-0.2, 0) is 9.59 Å². The summed E-state index contributed by atoms with van der Waals surface area (Å²) in [5.74, 6) is -3.46. The maximum Gasteiger partial charge on any atom is 0.230 e. The highest BCUT2D eigenvalue weighted by Crippen LogP contribution is 2.48. The lowest BCUT2D eigenvalue weighted by Gasteiger charge is -2.27. The Morgan fingerprint density at radius 3 is 2.50 bits per heavy atom. The summed E-state index contributed by atoms with van der Waals surface area (Å²) in [7, 11) is 0. The van der Waals surface area contributed by atoms with Gasteiger partial charge in [-0.05, 0) is 49.4 Å². The number of hydrogen-bond donors (Lipinski definition) is 1. The highest BCUT2D eigenvalue weighted by atomic mass is 32.1. The third-order valence-electron chi connectivity index (χ3n) is 5.18. The Kier molecular flexibility index (Phi) is 4.11. The van der Waals surface area contributed by atoms with Crippen LogP contribution in [-0.4, -0.2) is 16.9 Å². The van der Waals surface area contributed by atoms with Crippen molar-refractivity contribution in [2.24, 2.45) is 23.7 Å². The number of carbonyl (C=O) groups excluding carboxylic acids is 2. The third kappa shape index (κ3) is 2.82. The van der Waals surface area contributed by atoms with Gasteiger partial charge < -0.3 is 15.2 Å². The van der Waals surface area contributed by atoms with E-state index in [-0.39, 0.29) is 23.6 Å². The van der Waals surface area contributed by atoms with Crippen molar-refractivity contribution >= 4 is 28.3 Å². The number of carboxylic acid groups (broad SMARTS) is 1. The Hall–Kier alpha value is -2.54. The SMILES string of the molecule is Cc1sc(NC(=O)[C@@H]2[C@@H](C(=O)[O-])[C@H]3C=C[C@H]2C3)nc1-c1ccc(F)cc1. The first-order valence-electron chi connectivity index (χ1n) is 8.37. The van der Waals surface area contributed by atoms with Gasteiger partial charge in [-0.2, -0.15) is 0 Å². The molecule has 0 spiro atoms. The molecule has 1 amide bonds. The number of fused-ring (bicyclic) bond motifs is 2. The molecule has 0 unspecified atom stereocenters. The molecule has 0 radical (unpaired) electrons. The number of carbonyl (C=O) groups is 2. The second kappa shape index (κ2) is 6.32. The van der Waals surface area contributed by atoms with E-state index in [9.17, 15) is 19.1 Å². The van der Waals surface area contributed by atoms with Crippen LogP contribution in [0.4, 0.5) is 9.52 Å². The number of allylic oxidation sites excluding steroid dienone is 2. The van der Waals surface area contributed by atoms with E-state index in [1.54, 1.807) is 12.1 Å². The predicted molar refractivity (Wildman–Crippen MR) is 93.6 cm³/mol. The Labute approximate surface area is 153 Å². The van der Waals surface area contributed by atoms with Crippen molar-refractivity contribution in [2.75, 3.05) is 5.32 Å². The second-order valence-electron chi connectivity index (χ2n) is 6.74. The summed E-state index contributed by atoms with van der Waals surface area (Å²) in [5.41, 5.74) is 1.44. The molecule has 7 heteroatoms. The van der Waals surface area contributed by atoms with Crippen LogP contribution in [0, 0.1) is 36.4 Å². The van der Waals surface area contributed by atoms with Crippen molar-refractivity contribution in [3.8, 4) is 11.3 Å². The molecule has 2 bridgehead atoms. The van der Waals surface area contributed by atoms with Crippen molar-refractivity contribution < 1.29 is 19.1 Å². The zero-order valence-corrected chi connectivity index (χ0v) is 14.8. The van der Waals surface area contributed by atoms with E-state index in [1.807, 2.05) is 19.1 Å². The number of anilines is 1. The van der Waals surface area contributed by atoms with E-state index in [4.69, 9.17) is 0 Å². The van der Waals surface area contributed by atoms with Crippen LogP contribution in [0.3, 0.4) is 0 Å². The molecule has 134 valence electrons. The van der Waals surface area contributed by atoms with Crippen LogP contribution >= 0.6 is 11.3 Å². The smallest absolute Gasteiger partial charge is 0.230 e. The zero-order valence-electron chi connectivity index (χ0n) is 13.9. The van der Waals surface area contributed by atoms with Crippen LogP contribution in [0.2, 0.25) is 0 Å². The van der Waals surface area contributed by atoms with Gasteiger partial charge in [0, 0.05) is 22.3 Å². The van der Waals surface area contributed by atoms with Gasteiger partial charge >= 0.3 is 0 Å². The van der Waals surface area contributed by atoms with E-state index < -0.39 is 17.8 Å². The number of aromatic nitrogens is 1. The Balaban J connectivity index is 1.55. The van der Waals surface area contributed by atoms with E-state index >= 15 is 0 Å². The fourth-order valence-electron chi connectivity index (χ4n) is 4.02. The average molecular weight is 371 g/mol. The molecule has 4 atom stereocenters. The van der Waals surface area contributed by atoms with Crippen LogP contribution in [0.15, 0.2) is 36.4 Å². The maximum atomic E-state index is 13.1. The van der Waals surface area contributed by atoms with Crippen LogP contribution < -0.4 is 10.4 Å². The molecule has 0 aliphatic heterocycles. The summed E-state index contributed by atoms with van der Waals surface area (Å²) in [6, 6.07) is 5.99. The average Bonchev–Trinajstić information content (AvgIpc) is 3.29. The minimum atomic E-state index is -1.18. The van der Waals surface area contributed by atoms with Crippen molar-refractivity contribution in [3.63, 3.8) is 0 Å². The Morgan fingerprint density at radius 1 is 1.19 bits per heavy atom. The first kappa shape index (κ1) is 16.9. The van der Waals surface area contributed by atoms with Crippen LogP contribution in [0.25, 0.3) is 11.3 Å². The Bertz CT molecular complexity index is 906. The third-order valence-corrected chi connectivity index (χ3v) is 6.06. The molecule has 1 aromatic heterocycles. The summed E-state index contributed by atoms with van der Waals surface area (Å²) in [4.78, 5) is 29.5. The molecule has 26 heavy (non-hydrogen) atoms. The molecule has 1 N–H and O–H groups in total. The molecular weight excluding hydrogens is 355 g/mol.